The first-order valence-corrected chi connectivity index (χ1v) is 7.38. The molecule has 0 N–H and O–H groups in total. The fraction of sp³-hybridized carbons (Fsp3) is 0.529. The van der Waals surface area contributed by atoms with Gasteiger partial charge in [0.1, 0.15) is 0 Å². The Morgan fingerprint density at radius 1 is 0.667 bits per heavy atom. The van der Waals surface area contributed by atoms with Crippen molar-refractivity contribution in [1.82, 2.24) is 4.57 Å². The van der Waals surface area contributed by atoms with Gasteiger partial charge < -0.3 is 4.57 Å². The van der Waals surface area contributed by atoms with Gasteiger partial charge in [0, 0.05) is 18.8 Å². The largest absolute Gasteiger partial charge is 0.351 e. The molecule has 0 aliphatic carbocycles. The van der Waals surface area contributed by atoms with Crippen LogP contribution in [0.2, 0.25) is 0 Å². The first kappa shape index (κ1) is 22.0. The normalized spacial score (nSPS) is 7.17. The number of hydrogen-bond acceptors (Lipinski definition) is 0. The van der Waals surface area contributed by atoms with Crippen molar-refractivity contribution in [2.45, 2.75) is 55.4 Å². The van der Waals surface area contributed by atoms with Crippen molar-refractivity contribution in [2.24, 2.45) is 7.05 Å². The van der Waals surface area contributed by atoms with Crippen LogP contribution in [-0.2, 0) is 7.05 Å². The zero-order valence-corrected chi connectivity index (χ0v) is 13.9. The van der Waals surface area contributed by atoms with Gasteiger partial charge in [0.05, 0.1) is 0 Å². The molecule has 0 bridgehead atoms. The van der Waals surface area contributed by atoms with Crippen LogP contribution in [0.3, 0.4) is 0 Å². The maximum atomic E-state index is 2.12. The molecule has 1 nitrogen and oxygen atoms in total. The molecule has 0 aliphatic rings. The maximum Gasteiger partial charge on any atom is 0.0477 e. The molecule has 18 heavy (non-hydrogen) atoms. The fourth-order valence-corrected chi connectivity index (χ4v) is 1.22. The van der Waals surface area contributed by atoms with E-state index in [0.717, 1.165) is 0 Å². The number of nitrogens with zero attached hydrogens (tertiary/aromatic N) is 1. The summed E-state index contributed by atoms with van der Waals surface area (Å²) in [6.07, 6.45) is 2.07. The van der Waals surface area contributed by atoms with E-state index < -0.39 is 0 Å². The Morgan fingerprint density at radius 2 is 1.11 bits per heavy atom. The van der Waals surface area contributed by atoms with Gasteiger partial charge in [-0.2, -0.15) is 0 Å². The number of aromatic nitrogens is 1. The summed E-state index contributed by atoms with van der Waals surface area (Å²) in [7, 11) is 2.06. The number of hydrogen-bond donors (Lipinski definition) is 0. The van der Waals surface area contributed by atoms with Gasteiger partial charge in [0.2, 0.25) is 0 Å². The minimum absolute atomic E-state index is 1.29. The second-order valence-electron chi connectivity index (χ2n) is 2.49. The van der Waals surface area contributed by atoms with Gasteiger partial charge in [-0.1, -0.05) is 73.6 Å². The summed E-state index contributed by atoms with van der Waals surface area (Å²) < 4.78 is 2.12. The van der Waals surface area contributed by atoms with E-state index in [2.05, 4.69) is 48.1 Å². The van der Waals surface area contributed by atoms with Crippen molar-refractivity contribution >= 4 is 10.9 Å². The number of para-hydroxylation sites is 1. The van der Waals surface area contributed by atoms with Gasteiger partial charge in [-0.15, -0.1) is 0 Å². The molecule has 0 saturated heterocycles. The second-order valence-corrected chi connectivity index (χ2v) is 2.49. The molecule has 1 heteroatoms. The quantitative estimate of drug-likeness (QED) is 0.519. The Labute approximate surface area is 115 Å². The molecule has 0 aliphatic heterocycles. The highest BCUT2D eigenvalue weighted by atomic mass is 14.9. The topological polar surface area (TPSA) is 4.93 Å². The van der Waals surface area contributed by atoms with Crippen molar-refractivity contribution in [3.05, 3.63) is 36.5 Å². The summed E-state index contributed by atoms with van der Waals surface area (Å²) >= 11 is 0. The molecule has 1 heterocycles. The Balaban J connectivity index is -0.000000244. The maximum absolute atomic E-state index is 2.12. The fourth-order valence-electron chi connectivity index (χ4n) is 1.22. The van der Waals surface area contributed by atoms with Crippen molar-refractivity contribution in [3.8, 4) is 0 Å². The van der Waals surface area contributed by atoms with E-state index in [0.29, 0.717) is 0 Å². The molecule has 1 aromatic heterocycles. The number of fused-ring (bicyclic) bond motifs is 1. The average Bonchev–Trinajstić information content (AvgIpc) is 2.90. The molecule has 0 amide bonds. The molecule has 0 fully saturated rings. The van der Waals surface area contributed by atoms with E-state index >= 15 is 0 Å². The van der Waals surface area contributed by atoms with Gasteiger partial charge in [-0.3, -0.25) is 0 Å². The SMILES string of the molecule is CC.CC.CC.CC.Cn1ccc2ccccc21. The van der Waals surface area contributed by atoms with Crippen LogP contribution in [-0.4, -0.2) is 4.57 Å². The zero-order chi connectivity index (χ0) is 15.0. The second kappa shape index (κ2) is 18.1. The van der Waals surface area contributed by atoms with E-state index in [9.17, 15) is 0 Å². The van der Waals surface area contributed by atoms with E-state index in [-0.39, 0.29) is 0 Å². The monoisotopic (exact) mass is 251 g/mol. The lowest BCUT2D eigenvalue weighted by Gasteiger charge is -1.92. The van der Waals surface area contributed by atoms with Gasteiger partial charge >= 0.3 is 0 Å². The van der Waals surface area contributed by atoms with Crippen LogP contribution in [0.4, 0.5) is 0 Å². The molecule has 0 radical (unpaired) electrons. The van der Waals surface area contributed by atoms with Crippen molar-refractivity contribution < 1.29 is 0 Å². The average molecular weight is 251 g/mol. The molecule has 1 aromatic carbocycles. The Hall–Kier alpha value is -1.24. The zero-order valence-electron chi connectivity index (χ0n) is 13.9. The summed E-state index contributed by atoms with van der Waals surface area (Å²) in [5, 5.41) is 1.31. The van der Waals surface area contributed by atoms with Gasteiger partial charge in [0.15, 0.2) is 0 Å². The third-order valence-electron chi connectivity index (χ3n) is 1.79. The molecular formula is C17H33N. The predicted molar refractivity (Wildman–Crippen MR) is 88.3 cm³/mol. The first-order chi connectivity index (χ1) is 8.88. The molecule has 2 aromatic rings. The van der Waals surface area contributed by atoms with Crippen LogP contribution < -0.4 is 0 Å². The number of rotatable bonds is 0. The summed E-state index contributed by atoms with van der Waals surface area (Å²) in [5.74, 6) is 0. The standard InChI is InChI=1S/C9H9N.4C2H6/c1-10-7-6-8-4-2-3-5-9(8)10;4*1-2/h2-7H,1H3;4*1-2H3. The smallest absolute Gasteiger partial charge is 0.0477 e. The van der Waals surface area contributed by atoms with Crippen molar-refractivity contribution in [1.29, 1.82) is 0 Å². The minimum Gasteiger partial charge on any atom is -0.351 e. The number of aryl methyl sites for hydroxylation is 1. The molecule has 0 saturated carbocycles. The molecule has 0 unspecified atom stereocenters. The molecule has 106 valence electrons. The van der Waals surface area contributed by atoms with Crippen LogP contribution in [0.15, 0.2) is 36.5 Å². The van der Waals surface area contributed by atoms with Crippen LogP contribution in [0, 0.1) is 0 Å². The summed E-state index contributed by atoms with van der Waals surface area (Å²) in [4.78, 5) is 0. The molecular weight excluding hydrogens is 218 g/mol. The molecule has 0 spiro atoms. The van der Waals surface area contributed by atoms with Crippen molar-refractivity contribution in [2.75, 3.05) is 0 Å². The minimum atomic E-state index is 1.29. The van der Waals surface area contributed by atoms with E-state index in [1.807, 2.05) is 55.4 Å². The van der Waals surface area contributed by atoms with Gasteiger partial charge in [0.25, 0.3) is 0 Å². The van der Waals surface area contributed by atoms with E-state index in [1.54, 1.807) is 0 Å². The predicted octanol–water partition coefficient (Wildman–Crippen LogP) is 6.28. The highest BCUT2D eigenvalue weighted by molar-refractivity contribution is 5.79. The molecule has 0 atom stereocenters. The molecule has 2 rings (SSSR count). The lowest BCUT2D eigenvalue weighted by Crippen LogP contribution is -1.81. The Bertz CT molecular complexity index is 347. The van der Waals surface area contributed by atoms with Crippen LogP contribution in [0.5, 0.6) is 0 Å². The summed E-state index contributed by atoms with van der Waals surface area (Å²) in [6, 6.07) is 10.5. The van der Waals surface area contributed by atoms with E-state index in [1.165, 1.54) is 10.9 Å². The van der Waals surface area contributed by atoms with E-state index in [4.69, 9.17) is 0 Å². The Morgan fingerprint density at radius 3 is 1.56 bits per heavy atom. The van der Waals surface area contributed by atoms with Crippen LogP contribution in [0.1, 0.15) is 55.4 Å². The van der Waals surface area contributed by atoms with Crippen molar-refractivity contribution in [3.63, 3.8) is 0 Å². The lowest BCUT2D eigenvalue weighted by molar-refractivity contribution is 0.969. The van der Waals surface area contributed by atoms with Gasteiger partial charge in [-0.05, 0) is 17.5 Å². The van der Waals surface area contributed by atoms with Crippen LogP contribution >= 0.6 is 0 Å². The Kier molecular flexibility index (Phi) is 22.1. The highest BCUT2D eigenvalue weighted by Gasteiger charge is 1.92. The first-order valence-electron chi connectivity index (χ1n) is 7.38. The lowest BCUT2D eigenvalue weighted by atomic mass is 10.2. The summed E-state index contributed by atoms with van der Waals surface area (Å²) in [5.41, 5.74) is 1.29. The third-order valence-corrected chi connectivity index (χ3v) is 1.79. The van der Waals surface area contributed by atoms with Gasteiger partial charge in [-0.25, -0.2) is 0 Å². The third kappa shape index (κ3) is 7.94. The van der Waals surface area contributed by atoms with Crippen LogP contribution in [0.25, 0.3) is 10.9 Å². The number of benzene rings is 1. The summed E-state index contributed by atoms with van der Waals surface area (Å²) in [6.45, 7) is 16.0. The highest BCUT2D eigenvalue weighted by Crippen LogP contribution is 2.12.